The van der Waals surface area contributed by atoms with Gasteiger partial charge < -0.3 is 5.32 Å². The summed E-state index contributed by atoms with van der Waals surface area (Å²) in [6.45, 7) is 6.56. The number of hydrogen-bond donors (Lipinski definition) is 1. The van der Waals surface area contributed by atoms with Crippen molar-refractivity contribution in [1.29, 1.82) is 0 Å². The molecule has 3 aliphatic heterocycles. The van der Waals surface area contributed by atoms with E-state index >= 15 is 0 Å². The van der Waals surface area contributed by atoms with Crippen LogP contribution < -0.4 is 5.32 Å². The lowest BCUT2D eigenvalue weighted by molar-refractivity contribution is 0.101. The van der Waals surface area contributed by atoms with Gasteiger partial charge in [0.25, 0.3) is 10.2 Å². The van der Waals surface area contributed by atoms with E-state index in [0.717, 1.165) is 51.9 Å². The summed E-state index contributed by atoms with van der Waals surface area (Å²) < 4.78 is 28.8. The molecule has 6 nitrogen and oxygen atoms in total. The Morgan fingerprint density at radius 1 is 0.750 bits per heavy atom. The van der Waals surface area contributed by atoms with Crippen LogP contribution in [0.3, 0.4) is 0 Å². The Kier molecular flexibility index (Phi) is 4.62. The van der Waals surface area contributed by atoms with E-state index in [1.54, 1.807) is 8.61 Å². The second kappa shape index (κ2) is 6.27. The van der Waals surface area contributed by atoms with Gasteiger partial charge in [-0.15, -0.1) is 0 Å². The fourth-order valence-corrected chi connectivity index (χ4v) is 4.94. The van der Waals surface area contributed by atoms with Crippen molar-refractivity contribution in [3.63, 3.8) is 0 Å². The zero-order valence-corrected chi connectivity index (χ0v) is 12.9. The van der Waals surface area contributed by atoms with E-state index < -0.39 is 10.2 Å². The van der Waals surface area contributed by atoms with Crippen molar-refractivity contribution in [2.75, 3.05) is 52.4 Å². The van der Waals surface area contributed by atoms with Gasteiger partial charge in [-0.3, -0.25) is 4.90 Å². The monoisotopic (exact) mass is 302 g/mol. The summed E-state index contributed by atoms with van der Waals surface area (Å²) in [5.74, 6) is 0. The molecule has 0 aromatic carbocycles. The summed E-state index contributed by atoms with van der Waals surface area (Å²) in [6.07, 6.45) is 4.34. The van der Waals surface area contributed by atoms with Crippen LogP contribution in [-0.2, 0) is 10.2 Å². The van der Waals surface area contributed by atoms with E-state index in [9.17, 15) is 8.42 Å². The van der Waals surface area contributed by atoms with Crippen LogP contribution in [0.25, 0.3) is 0 Å². The first-order valence-electron chi connectivity index (χ1n) is 7.88. The average molecular weight is 302 g/mol. The molecule has 0 atom stereocenters. The molecule has 20 heavy (non-hydrogen) atoms. The highest BCUT2D eigenvalue weighted by Gasteiger charge is 2.35. The predicted molar refractivity (Wildman–Crippen MR) is 78.8 cm³/mol. The predicted octanol–water partition coefficient (Wildman–Crippen LogP) is -0.303. The third-order valence-corrected chi connectivity index (χ3v) is 6.80. The highest BCUT2D eigenvalue weighted by molar-refractivity contribution is 7.86. The molecule has 3 rings (SSSR count). The second-order valence-corrected chi connectivity index (χ2v) is 8.00. The Balaban J connectivity index is 1.57. The van der Waals surface area contributed by atoms with Crippen LogP contribution in [0.2, 0.25) is 0 Å². The molecule has 3 fully saturated rings. The van der Waals surface area contributed by atoms with Crippen LogP contribution in [0.5, 0.6) is 0 Å². The maximum atomic E-state index is 12.7. The third-order valence-electron chi connectivity index (χ3n) is 4.77. The van der Waals surface area contributed by atoms with E-state index in [2.05, 4.69) is 10.2 Å². The number of nitrogens with zero attached hydrogens (tertiary/aromatic N) is 3. The minimum Gasteiger partial charge on any atom is -0.314 e. The van der Waals surface area contributed by atoms with Crippen LogP contribution in [0, 0.1) is 0 Å². The molecule has 0 aromatic rings. The van der Waals surface area contributed by atoms with Crippen molar-refractivity contribution < 1.29 is 8.42 Å². The van der Waals surface area contributed by atoms with Crippen molar-refractivity contribution in [3.05, 3.63) is 0 Å². The first-order chi connectivity index (χ1) is 9.68. The molecule has 116 valence electrons. The van der Waals surface area contributed by atoms with Crippen molar-refractivity contribution in [1.82, 2.24) is 18.8 Å². The van der Waals surface area contributed by atoms with Crippen molar-refractivity contribution in [2.45, 2.75) is 31.7 Å². The molecule has 0 aliphatic carbocycles. The molecule has 1 N–H and O–H groups in total. The van der Waals surface area contributed by atoms with E-state index in [4.69, 9.17) is 0 Å². The number of rotatable bonds is 3. The lowest BCUT2D eigenvalue weighted by Gasteiger charge is -2.43. The van der Waals surface area contributed by atoms with E-state index in [1.807, 2.05) is 0 Å². The van der Waals surface area contributed by atoms with Gasteiger partial charge in [-0.05, 0) is 12.8 Å². The van der Waals surface area contributed by atoms with Gasteiger partial charge in [0.05, 0.1) is 0 Å². The first-order valence-corrected chi connectivity index (χ1v) is 9.27. The summed E-state index contributed by atoms with van der Waals surface area (Å²) in [5.41, 5.74) is 0. The minimum atomic E-state index is -3.22. The topological polar surface area (TPSA) is 55.9 Å². The first kappa shape index (κ1) is 14.7. The van der Waals surface area contributed by atoms with Gasteiger partial charge in [-0.1, -0.05) is 12.8 Å². The summed E-state index contributed by atoms with van der Waals surface area (Å²) in [6, 6.07) is 0.623. The van der Waals surface area contributed by atoms with Crippen molar-refractivity contribution in [2.24, 2.45) is 0 Å². The smallest absolute Gasteiger partial charge is 0.282 e. The molecule has 0 aromatic heterocycles. The van der Waals surface area contributed by atoms with Gasteiger partial charge in [-0.25, -0.2) is 0 Å². The van der Waals surface area contributed by atoms with Gasteiger partial charge in [-0.2, -0.15) is 17.0 Å². The Bertz CT molecular complexity index is 408. The maximum Gasteiger partial charge on any atom is 0.282 e. The standard InChI is InChI=1S/C13H26N4O2S/c18-20(19,16-5-3-1-2-4-6-16)17-9-7-15(8-10-17)13-11-14-12-13/h13-14H,1-12H2. The quantitative estimate of drug-likeness (QED) is 0.777. The number of piperazine rings is 1. The minimum absolute atomic E-state index is 0.623. The van der Waals surface area contributed by atoms with Gasteiger partial charge in [0.2, 0.25) is 0 Å². The number of nitrogens with one attached hydrogen (secondary N) is 1. The zero-order chi connectivity index (χ0) is 14.0. The molecular formula is C13H26N4O2S. The summed E-state index contributed by atoms with van der Waals surface area (Å²) in [7, 11) is -3.22. The third kappa shape index (κ3) is 3.01. The lowest BCUT2D eigenvalue weighted by atomic mass is 10.1. The van der Waals surface area contributed by atoms with Crippen LogP contribution in [0.1, 0.15) is 25.7 Å². The van der Waals surface area contributed by atoms with Gasteiger partial charge in [0, 0.05) is 58.4 Å². The van der Waals surface area contributed by atoms with Crippen LogP contribution >= 0.6 is 0 Å². The molecule has 3 saturated heterocycles. The van der Waals surface area contributed by atoms with E-state index in [0.29, 0.717) is 32.2 Å². The zero-order valence-electron chi connectivity index (χ0n) is 12.1. The highest BCUT2D eigenvalue weighted by Crippen LogP contribution is 2.19. The van der Waals surface area contributed by atoms with Gasteiger partial charge >= 0.3 is 0 Å². The molecule has 0 unspecified atom stereocenters. The Hall–Kier alpha value is -0.210. The Morgan fingerprint density at radius 2 is 1.30 bits per heavy atom. The fourth-order valence-electron chi connectivity index (χ4n) is 3.27. The SMILES string of the molecule is O=S(=O)(N1CCCCCC1)N1CCN(C2CNC2)CC1. The maximum absolute atomic E-state index is 12.7. The van der Waals surface area contributed by atoms with Crippen LogP contribution in [0.4, 0.5) is 0 Å². The molecule has 0 saturated carbocycles. The Morgan fingerprint density at radius 3 is 1.80 bits per heavy atom. The van der Waals surface area contributed by atoms with E-state index in [-0.39, 0.29) is 0 Å². The average Bonchev–Trinajstić information content (AvgIpc) is 2.66. The molecule has 0 spiro atoms. The summed E-state index contributed by atoms with van der Waals surface area (Å²) >= 11 is 0. The molecular weight excluding hydrogens is 276 g/mol. The van der Waals surface area contributed by atoms with Gasteiger partial charge in [0.1, 0.15) is 0 Å². The second-order valence-electron chi connectivity index (χ2n) is 6.07. The Labute approximate surface area is 122 Å². The molecule has 7 heteroatoms. The largest absolute Gasteiger partial charge is 0.314 e. The van der Waals surface area contributed by atoms with Gasteiger partial charge in [0.15, 0.2) is 0 Å². The molecule has 3 aliphatic rings. The van der Waals surface area contributed by atoms with Crippen molar-refractivity contribution >= 4 is 10.2 Å². The normalized spacial score (nSPS) is 29.0. The number of hydrogen-bond acceptors (Lipinski definition) is 4. The van der Waals surface area contributed by atoms with Crippen LogP contribution in [0.15, 0.2) is 0 Å². The summed E-state index contributed by atoms with van der Waals surface area (Å²) in [4.78, 5) is 2.42. The molecule has 0 bridgehead atoms. The molecule has 0 radical (unpaired) electrons. The fraction of sp³-hybridized carbons (Fsp3) is 1.00. The van der Waals surface area contributed by atoms with Crippen LogP contribution in [-0.4, -0.2) is 80.3 Å². The summed E-state index contributed by atoms with van der Waals surface area (Å²) in [5, 5.41) is 3.28. The van der Waals surface area contributed by atoms with E-state index in [1.165, 1.54) is 0 Å². The molecule has 3 heterocycles. The molecule has 0 amide bonds. The van der Waals surface area contributed by atoms with Crippen molar-refractivity contribution in [3.8, 4) is 0 Å². The highest BCUT2D eigenvalue weighted by atomic mass is 32.2. The lowest BCUT2D eigenvalue weighted by Crippen LogP contribution is -2.62.